The number of pyridine rings is 1. The lowest BCUT2D eigenvalue weighted by Gasteiger charge is -2.12. The van der Waals surface area contributed by atoms with Gasteiger partial charge < -0.3 is 4.74 Å². The molecule has 0 saturated carbocycles. The number of rotatable bonds is 6. The molecule has 6 nitrogen and oxygen atoms in total. The first-order valence-electron chi connectivity index (χ1n) is 8.52. The van der Waals surface area contributed by atoms with Crippen LogP contribution >= 0.6 is 23.2 Å². The van der Waals surface area contributed by atoms with Gasteiger partial charge in [0.1, 0.15) is 12.4 Å². The van der Waals surface area contributed by atoms with Gasteiger partial charge in [0, 0.05) is 23.5 Å². The monoisotopic (exact) mass is 411 g/mol. The Bertz CT molecular complexity index is 1080. The van der Waals surface area contributed by atoms with E-state index in [-0.39, 0.29) is 0 Å². The molecule has 2 aromatic heterocycles. The Balaban J connectivity index is 1.59. The fourth-order valence-corrected chi connectivity index (χ4v) is 3.14. The van der Waals surface area contributed by atoms with Crippen molar-refractivity contribution < 1.29 is 4.74 Å². The van der Waals surface area contributed by atoms with Crippen LogP contribution in [0.15, 0.2) is 67.0 Å². The van der Waals surface area contributed by atoms with Gasteiger partial charge in [0.05, 0.1) is 16.6 Å². The third-order valence-corrected chi connectivity index (χ3v) is 4.98. The highest BCUT2D eigenvalue weighted by molar-refractivity contribution is 6.43. The molecule has 0 saturated heterocycles. The number of hydrogen-bond donors (Lipinski definition) is 0. The van der Waals surface area contributed by atoms with Crippen LogP contribution in [0.2, 0.25) is 10.0 Å². The number of nitrogens with zero attached hydrogens (tertiary/aromatic N) is 5. The minimum absolute atomic E-state index is 0.419. The van der Waals surface area contributed by atoms with E-state index in [1.807, 2.05) is 48.5 Å². The van der Waals surface area contributed by atoms with Crippen molar-refractivity contribution in [3.63, 3.8) is 0 Å². The second-order valence-electron chi connectivity index (χ2n) is 6.01. The Morgan fingerprint density at radius 3 is 2.61 bits per heavy atom. The van der Waals surface area contributed by atoms with Crippen LogP contribution < -0.4 is 4.74 Å². The van der Waals surface area contributed by atoms with E-state index in [0.717, 1.165) is 16.9 Å². The summed E-state index contributed by atoms with van der Waals surface area (Å²) in [6.07, 6.45) is 3.49. The molecule has 4 rings (SSSR count). The second-order valence-corrected chi connectivity index (χ2v) is 6.80. The predicted octanol–water partition coefficient (Wildman–Crippen LogP) is 4.67. The summed E-state index contributed by atoms with van der Waals surface area (Å²) in [6.45, 7) is 0.875. The van der Waals surface area contributed by atoms with Crippen molar-refractivity contribution in [2.45, 2.75) is 13.2 Å². The van der Waals surface area contributed by atoms with E-state index in [0.29, 0.717) is 34.6 Å². The number of hydrogen-bond acceptors (Lipinski definition) is 5. The molecule has 0 radical (unpaired) electrons. The first kappa shape index (κ1) is 18.4. The van der Waals surface area contributed by atoms with E-state index in [1.54, 1.807) is 23.1 Å². The van der Waals surface area contributed by atoms with Crippen molar-refractivity contribution in [1.29, 1.82) is 0 Å². The molecule has 0 aliphatic heterocycles. The number of halogens is 2. The molecule has 0 bridgehead atoms. The van der Waals surface area contributed by atoms with Crippen LogP contribution in [-0.2, 0) is 13.2 Å². The zero-order valence-electron chi connectivity index (χ0n) is 14.7. The Hall–Kier alpha value is -2.96. The summed E-state index contributed by atoms with van der Waals surface area (Å²) >= 11 is 12.5. The van der Waals surface area contributed by atoms with Gasteiger partial charge in [0.2, 0.25) is 0 Å². The van der Waals surface area contributed by atoms with Crippen molar-refractivity contribution in [1.82, 2.24) is 25.2 Å². The lowest BCUT2D eigenvalue weighted by molar-refractivity contribution is 0.302. The predicted molar refractivity (Wildman–Crippen MR) is 107 cm³/mol. The molecule has 28 heavy (non-hydrogen) atoms. The minimum atomic E-state index is 0.419. The van der Waals surface area contributed by atoms with E-state index in [2.05, 4.69) is 20.5 Å². The van der Waals surface area contributed by atoms with Gasteiger partial charge in [-0.3, -0.25) is 4.98 Å². The fourth-order valence-electron chi connectivity index (χ4n) is 2.76. The highest BCUT2D eigenvalue weighted by Crippen LogP contribution is 2.32. The first-order chi connectivity index (χ1) is 13.7. The van der Waals surface area contributed by atoms with Crippen molar-refractivity contribution in [3.05, 3.63) is 88.2 Å². The zero-order chi connectivity index (χ0) is 19.3. The number of para-hydroxylation sites is 1. The van der Waals surface area contributed by atoms with Crippen molar-refractivity contribution >= 4 is 23.2 Å². The Labute approximate surface area is 171 Å². The number of ether oxygens (including phenoxy) is 1. The molecular weight excluding hydrogens is 397 g/mol. The number of aromatic nitrogens is 5. The van der Waals surface area contributed by atoms with Crippen molar-refractivity contribution in [2.75, 3.05) is 0 Å². The summed E-state index contributed by atoms with van der Waals surface area (Å²) in [6, 6.07) is 17.0. The summed E-state index contributed by atoms with van der Waals surface area (Å²) in [7, 11) is 0. The van der Waals surface area contributed by atoms with E-state index >= 15 is 0 Å². The third-order valence-electron chi connectivity index (χ3n) is 4.16. The van der Waals surface area contributed by atoms with Crippen LogP contribution in [0, 0.1) is 0 Å². The quantitative estimate of drug-likeness (QED) is 0.461. The molecule has 0 unspecified atom stereocenters. The SMILES string of the molecule is Clc1cccc(-c2nnnn2Cc2ccccc2OCc2ccncc2)c1Cl. The molecule has 4 aromatic rings. The smallest absolute Gasteiger partial charge is 0.183 e. The maximum absolute atomic E-state index is 6.34. The van der Waals surface area contributed by atoms with Crippen LogP contribution in [-0.4, -0.2) is 25.2 Å². The largest absolute Gasteiger partial charge is 0.489 e. The van der Waals surface area contributed by atoms with Crippen LogP contribution in [0.25, 0.3) is 11.4 Å². The van der Waals surface area contributed by atoms with Crippen molar-refractivity contribution in [3.8, 4) is 17.1 Å². The molecule has 140 valence electrons. The Morgan fingerprint density at radius 1 is 0.929 bits per heavy atom. The lowest BCUT2D eigenvalue weighted by atomic mass is 10.1. The zero-order valence-corrected chi connectivity index (χ0v) is 16.2. The average Bonchev–Trinajstić information content (AvgIpc) is 3.18. The number of benzene rings is 2. The molecule has 8 heteroatoms. The maximum Gasteiger partial charge on any atom is 0.183 e. The Morgan fingerprint density at radius 2 is 1.75 bits per heavy atom. The molecular formula is C20H15Cl2N5O. The average molecular weight is 412 g/mol. The van der Waals surface area contributed by atoms with Gasteiger partial charge in [-0.2, -0.15) is 0 Å². The Kier molecular flexibility index (Phi) is 5.50. The van der Waals surface area contributed by atoms with Crippen LogP contribution in [0.1, 0.15) is 11.1 Å². The standard InChI is InChI=1S/C20H15Cl2N5O/c21-17-6-3-5-16(19(17)22)20-24-25-26-27(20)12-15-4-1-2-7-18(15)28-13-14-8-10-23-11-9-14/h1-11H,12-13H2. The summed E-state index contributed by atoms with van der Waals surface area (Å²) in [5.74, 6) is 1.30. The minimum Gasteiger partial charge on any atom is -0.489 e. The molecule has 0 amide bonds. The van der Waals surface area contributed by atoms with Gasteiger partial charge in [-0.05, 0) is 46.3 Å². The molecule has 2 heterocycles. The maximum atomic E-state index is 6.34. The molecule has 0 spiro atoms. The van der Waals surface area contributed by atoms with E-state index < -0.39 is 0 Å². The second kappa shape index (κ2) is 8.37. The molecule has 2 aromatic carbocycles. The van der Waals surface area contributed by atoms with Gasteiger partial charge >= 0.3 is 0 Å². The molecule has 0 aliphatic carbocycles. The van der Waals surface area contributed by atoms with Gasteiger partial charge in [0.15, 0.2) is 5.82 Å². The summed E-state index contributed by atoms with van der Waals surface area (Å²) in [5.41, 5.74) is 2.66. The summed E-state index contributed by atoms with van der Waals surface area (Å²) in [5, 5.41) is 12.9. The van der Waals surface area contributed by atoms with Crippen LogP contribution in [0.4, 0.5) is 0 Å². The first-order valence-corrected chi connectivity index (χ1v) is 9.28. The molecule has 0 aliphatic rings. The van der Waals surface area contributed by atoms with Crippen LogP contribution in [0.5, 0.6) is 5.75 Å². The molecule has 0 atom stereocenters. The molecule has 0 N–H and O–H groups in total. The summed E-state index contributed by atoms with van der Waals surface area (Å²) in [4.78, 5) is 4.02. The van der Waals surface area contributed by atoms with Gasteiger partial charge in [-0.15, -0.1) is 5.10 Å². The fraction of sp³-hybridized carbons (Fsp3) is 0.100. The van der Waals surface area contributed by atoms with Gasteiger partial charge in [-0.25, -0.2) is 4.68 Å². The van der Waals surface area contributed by atoms with Gasteiger partial charge in [0.25, 0.3) is 0 Å². The van der Waals surface area contributed by atoms with Crippen molar-refractivity contribution in [2.24, 2.45) is 0 Å². The van der Waals surface area contributed by atoms with Gasteiger partial charge in [-0.1, -0.05) is 47.5 Å². The lowest BCUT2D eigenvalue weighted by Crippen LogP contribution is -2.07. The molecule has 0 fully saturated rings. The van der Waals surface area contributed by atoms with E-state index in [9.17, 15) is 0 Å². The topological polar surface area (TPSA) is 65.7 Å². The van der Waals surface area contributed by atoms with Crippen LogP contribution in [0.3, 0.4) is 0 Å². The van der Waals surface area contributed by atoms with E-state index in [4.69, 9.17) is 27.9 Å². The number of tetrazole rings is 1. The normalized spacial score (nSPS) is 10.8. The van der Waals surface area contributed by atoms with E-state index in [1.165, 1.54) is 0 Å². The highest BCUT2D eigenvalue weighted by atomic mass is 35.5. The summed E-state index contributed by atoms with van der Waals surface area (Å²) < 4.78 is 7.68. The highest BCUT2D eigenvalue weighted by Gasteiger charge is 2.16. The third kappa shape index (κ3) is 3.98.